The molecule has 6 heteroatoms. The summed E-state index contributed by atoms with van der Waals surface area (Å²) < 4.78 is 16.7. The van der Waals surface area contributed by atoms with Crippen LogP contribution in [0.5, 0.6) is 0 Å². The lowest BCUT2D eigenvalue weighted by Gasteiger charge is -2.40. The Bertz CT molecular complexity index is 484. The molecule has 2 heterocycles. The highest BCUT2D eigenvalue weighted by molar-refractivity contribution is 5.71. The third-order valence-electron chi connectivity index (χ3n) is 4.15. The molecule has 6 nitrogen and oxygen atoms in total. The van der Waals surface area contributed by atoms with Crippen LogP contribution in [-0.2, 0) is 19.6 Å². The van der Waals surface area contributed by atoms with E-state index in [2.05, 4.69) is 9.97 Å². The van der Waals surface area contributed by atoms with Crippen LogP contribution in [0.1, 0.15) is 35.6 Å². The van der Waals surface area contributed by atoms with E-state index in [-0.39, 0.29) is 11.5 Å². The average Bonchev–Trinajstić information content (AvgIpc) is 2.51. The molecule has 0 N–H and O–H groups in total. The normalized spacial score (nSPS) is 24.3. The van der Waals surface area contributed by atoms with Gasteiger partial charge in [0.25, 0.3) is 0 Å². The predicted molar refractivity (Wildman–Crippen MR) is 74.3 cm³/mol. The molecule has 1 unspecified atom stereocenters. The minimum Gasteiger partial charge on any atom is -0.378 e. The van der Waals surface area contributed by atoms with Crippen LogP contribution in [0.25, 0.3) is 0 Å². The van der Waals surface area contributed by atoms with Crippen molar-refractivity contribution in [1.82, 2.24) is 9.97 Å². The highest BCUT2D eigenvalue weighted by Gasteiger charge is 2.42. The smallest absolute Gasteiger partial charge is 0.168 e. The second kappa shape index (κ2) is 6.60. The Labute approximate surface area is 123 Å². The molecule has 114 valence electrons. The molecule has 2 fully saturated rings. The van der Waals surface area contributed by atoms with E-state index in [9.17, 15) is 4.79 Å². The van der Waals surface area contributed by atoms with Gasteiger partial charge in [0.15, 0.2) is 6.29 Å². The molecule has 0 bridgehead atoms. The van der Waals surface area contributed by atoms with Gasteiger partial charge < -0.3 is 14.2 Å². The van der Waals surface area contributed by atoms with E-state index in [0.29, 0.717) is 38.7 Å². The molecule has 0 radical (unpaired) electrons. The van der Waals surface area contributed by atoms with Gasteiger partial charge in [-0.3, -0.25) is 4.79 Å². The number of carbonyl (C=O) groups excluding carboxylic acids is 1. The molecule has 1 aliphatic carbocycles. The van der Waals surface area contributed by atoms with Gasteiger partial charge in [-0.2, -0.15) is 0 Å². The van der Waals surface area contributed by atoms with Crippen molar-refractivity contribution in [2.45, 2.75) is 30.8 Å². The van der Waals surface area contributed by atoms with E-state index in [4.69, 9.17) is 14.2 Å². The second-order valence-electron chi connectivity index (χ2n) is 5.64. The van der Waals surface area contributed by atoms with Crippen molar-refractivity contribution in [2.24, 2.45) is 0 Å². The molecule has 1 atom stereocenters. The molecule has 0 amide bonds. The zero-order valence-corrected chi connectivity index (χ0v) is 12.0. The van der Waals surface area contributed by atoms with Crippen LogP contribution in [0, 0.1) is 0 Å². The summed E-state index contributed by atoms with van der Waals surface area (Å²) in [6, 6.07) is 1.62. The first kappa shape index (κ1) is 14.6. The van der Waals surface area contributed by atoms with Crippen LogP contribution >= 0.6 is 0 Å². The summed E-state index contributed by atoms with van der Waals surface area (Å²) in [5, 5.41) is 0. The maximum Gasteiger partial charge on any atom is 0.168 e. The van der Waals surface area contributed by atoms with Gasteiger partial charge in [0.2, 0.25) is 0 Å². The van der Waals surface area contributed by atoms with Gasteiger partial charge >= 0.3 is 0 Å². The second-order valence-corrected chi connectivity index (χ2v) is 5.64. The van der Waals surface area contributed by atoms with Crippen molar-refractivity contribution < 1.29 is 19.0 Å². The molecule has 3 rings (SSSR count). The lowest BCUT2D eigenvalue weighted by atomic mass is 9.68. The van der Waals surface area contributed by atoms with Crippen molar-refractivity contribution in [2.75, 3.05) is 33.0 Å². The number of aromatic nitrogens is 2. The number of hydrogen-bond acceptors (Lipinski definition) is 6. The maximum atomic E-state index is 10.9. The summed E-state index contributed by atoms with van der Waals surface area (Å²) in [6.45, 7) is 2.96. The van der Waals surface area contributed by atoms with E-state index < -0.39 is 0 Å². The first-order valence-electron chi connectivity index (χ1n) is 7.38. The largest absolute Gasteiger partial charge is 0.378 e. The zero-order chi connectivity index (χ0) is 14.5. The third-order valence-corrected chi connectivity index (χ3v) is 4.15. The third kappa shape index (κ3) is 3.28. The summed E-state index contributed by atoms with van der Waals surface area (Å²) in [6.07, 6.45) is 5.55. The van der Waals surface area contributed by atoms with Crippen LogP contribution in [0.4, 0.5) is 0 Å². The number of nitrogens with zero attached hydrogens (tertiary/aromatic N) is 2. The maximum absolute atomic E-state index is 10.9. The molecular weight excluding hydrogens is 272 g/mol. The van der Waals surface area contributed by atoms with E-state index in [1.165, 1.54) is 0 Å². The lowest BCUT2D eigenvalue weighted by Crippen LogP contribution is -2.42. The van der Waals surface area contributed by atoms with Crippen LogP contribution in [0.2, 0.25) is 0 Å². The van der Waals surface area contributed by atoms with Gasteiger partial charge in [-0.25, -0.2) is 9.97 Å². The monoisotopic (exact) mass is 292 g/mol. The Hall–Kier alpha value is -1.37. The fourth-order valence-electron chi connectivity index (χ4n) is 2.75. The van der Waals surface area contributed by atoms with Crippen molar-refractivity contribution in [3.63, 3.8) is 0 Å². The minimum absolute atomic E-state index is 0.0121. The molecule has 1 aliphatic heterocycles. The topological polar surface area (TPSA) is 70.5 Å². The summed E-state index contributed by atoms with van der Waals surface area (Å²) in [5.74, 6) is 0.721. The molecule has 21 heavy (non-hydrogen) atoms. The Morgan fingerprint density at radius 1 is 1.43 bits per heavy atom. The molecule has 1 saturated carbocycles. The van der Waals surface area contributed by atoms with E-state index in [1.54, 1.807) is 12.3 Å². The highest BCUT2D eigenvalue weighted by atomic mass is 16.6. The standard InChI is InChI=1S/C15H20N2O4/c18-8-12-2-5-16-14(17-12)15(3-1-4-15)11-20-10-13-9-19-6-7-21-13/h2,5,8,13H,1,3-4,6-7,9-11H2. The molecular formula is C15H20N2O4. The summed E-state index contributed by atoms with van der Waals surface area (Å²) in [5.41, 5.74) is 0.282. The van der Waals surface area contributed by atoms with Crippen molar-refractivity contribution in [3.05, 3.63) is 23.8 Å². The van der Waals surface area contributed by atoms with Crippen LogP contribution in [0.15, 0.2) is 12.3 Å². The van der Waals surface area contributed by atoms with Crippen molar-refractivity contribution in [1.29, 1.82) is 0 Å². The molecule has 1 aromatic rings. The SMILES string of the molecule is O=Cc1ccnc(C2(COCC3COCCO3)CCC2)n1. The van der Waals surface area contributed by atoms with Crippen LogP contribution < -0.4 is 0 Å². The Kier molecular flexibility index (Phi) is 4.57. The number of hydrogen-bond donors (Lipinski definition) is 0. The fraction of sp³-hybridized carbons (Fsp3) is 0.667. The molecule has 1 aromatic heterocycles. The van der Waals surface area contributed by atoms with E-state index in [1.807, 2.05) is 0 Å². The van der Waals surface area contributed by atoms with E-state index in [0.717, 1.165) is 31.4 Å². The minimum atomic E-state index is -0.144. The van der Waals surface area contributed by atoms with Crippen LogP contribution in [0.3, 0.4) is 0 Å². The molecule has 0 spiro atoms. The number of carbonyl (C=O) groups is 1. The Balaban J connectivity index is 1.59. The van der Waals surface area contributed by atoms with Gasteiger partial charge in [0.05, 0.1) is 38.4 Å². The first-order chi connectivity index (χ1) is 10.3. The highest BCUT2D eigenvalue weighted by Crippen LogP contribution is 2.42. The summed E-state index contributed by atoms with van der Waals surface area (Å²) in [4.78, 5) is 19.5. The van der Waals surface area contributed by atoms with Crippen molar-refractivity contribution >= 4 is 6.29 Å². The molecule has 2 aliphatic rings. The van der Waals surface area contributed by atoms with Gasteiger partial charge in [0, 0.05) is 6.20 Å². The number of ether oxygens (including phenoxy) is 3. The van der Waals surface area contributed by atoms with Crippen LogP contribution in [-0.4, -0.2) is 55.4 Å². The summed E-state index contributed by atoms with van der Waals surface area (Å²) >= 11 is 0. The first-order valence-corrected chi connectivity index (χ1v) is 7.38. The van der Waals surface area contributed by atoms with Gasteiger partial charge in [-0.15, -0.1) is 0 Å². The number of rotatable bonds is 6. The quantitative estimate of drug-likeness (QED) is 0.732. The lowest BCUT2D eigenvalue weighted by molar-refractivity contribution is -0.121. The predicted octanol–water partition coefficient (Wildman–Crippen LogP) is 1.14. The zero-order valence-electron chi connectivity index (χ0n) is 12.0. The average molecular weight is 292 g/mol. The van der Waals surface area contributed by atoms with Gasteiger partial charge in [-0.1, -0.05) is 6.42 Å². The van der Waals surface area contributed by atoms with Gasteiger partial charge in [0.1, 0.15) is 17.6 Å². The van der Waals surface area contributed by atoms with E-state index >= 15 is 0 Å². The van der Waals surface area contributed by atoms with Crippen molar-refractivity contribution in [3.8, 4) is 0 Å². The molecule has 0 aromatic carbocycles. The Morgan fingerprint density at radius 2 is 2.33 bits per heavy atom. The summed E-state index contributed by atoms with van der Waals surface area (Å²) in [7, 11) is 0. The van der Waals surface area contributed by atoms with Gasteiger partial charge in [-0.05, 0) is 18.9 Å². The fourth-order valence-corrected chi connectivity index (χ4v) is 2.75. The Morgan fingerprint density at radius 3 is 3.00 bits per heavy atom. The number of aldehydes is 1. The molecule has 1 saturated heterocycles.